The van der Waals surface area contributed by atoms with Crippen LogP contribution in [0.25, 0.3) is 22.3 Å². The Hall–Kier alpha value is -7.66. The third kappa shape index (κ3) is 12.0. The number of urea groups is 1. The second-order valence-electron chi connectivity index (χ2n) is 19.2. The molecule has 8 N–H and O–H groups in total. The third-order valence-electron chi connectivity index (χ3n) is 13.8. The number of nitrogens with one attached hydrogen (secondary N) is 5. The van der Waals surface area contributed by atoms with Crippen LogP contribution in [-0.2, 0) is 70.1 Å². The summed E-state index contributed by atoms with van der Waals surface area (Å²) in [5.74, 6) is -1.90. The number of aromatic nitrogens is 2. The molecule has 75 heavy (non-hydrogen) atoms. The minimum absolute atomic E-state index is 0.0155. The summed E-state index contributed by atoms with van der Waals surface area (Å²) >= 11 is 5.93. The van der Waals surface area contributed by atoms with E-state index in [-0.39, 0.29) is 95.0 Å². The molecule has 0 bridgehead atoms. The number of cyclic esters (lactones) is 1. The van der Waals surface area contributed by atoms with Crippen LogP contribution in [0.3, 0.4) is 0 Å². The molecule has 22 nitrogen and oxygen atoms in total. The Morgan fingerprint density at radius 1 is 0.893 bits per heavy atom. The molecule has 8 amide bonds. The highest BCUT2D eigenvalue weighted by Crippen LogP contribution is 2.44. The van der Waals surface area contributed by atoms with Gasteiger partial charge in [0.25, 0.3) is 0 Å². The molecule has 0 unspecified atom stereocenters. The molecule has 23 heteroatoms. The second kappa shape index (κ2) is 23.3. The number of unbranched alkanes of at least 4 members (excludes halogenated alkanes) is 2. The zero-order valence-corrected chi connectivity index (χ0v) is 42.8. The summed E-state index contributed by atoms with van der Waals surface area (Å²) in [5.41, 5.74) is 8.45. The largest absolute Gasteiger partial charge is 0.486 e. The van der Waals surface area contributed by atoms with Crippen LogP contribution in [-0.4, -0.2) is 106 Å². The molecule has 2 aromatic carbocycles. The molecule has 1 fully saturated rings. The van der Waals surface area contributed by atoms with Crippen molar-refractivity contribution in [2.45, 2.75) is 123 Å². The third-order valence-corrected chi connectivity index (χ3v) is 14.2. The van der Waals surface area contributed by atoms with Crippen LogP contribution in [0.15, 0.2) is 42.5 Å². The van der Waals surface area contributed by atoms with Gasteiger partial charge in [0.2, 0.25) is 29.5 Å². The first kappa shape index (κ1) is 53.6. The van der Waals surface area contributed by atoms with Crippen LogP contribution < -0.4 is 41.8 Å². The van der Waals surface area contributed by atoms with Crippen molar-refractivity contribution in [3.8, 4) is 22.9 Å². The van der Waals surface area contributed by atoms with Crippen LogP contribution in [0.2, 0.25) is 0 Å². The van der Waals surface area contributed by atoms with Gasteiger partial charge in [-0.2, -0.15) is 0 Å². The van der Waals surface area contributed by atoms with Crippen LogP contribution in [0.4, 0.5) is 15.3 Å². The van der Waals surface area contributed by atoms with E-state index in [1.165, 1.54) is 4.90 Å². The summed E-state index contributed by atoms with van der Waals surface area (Å²) in [6.07, 6.45) is 1.96. The van der Waals surface area contributed by atoms with E-state index >= 15 is 0 Å². The fraction of sp³-hybridized carbons (Fsp3) is 0.462. The van der Waals surface area contributed by atoms with Gasteiger partial charge in [-0.15, -0.1) is 0 Å². The van der Waals surface area contributed by atoms with Gasteiger partial charge < -0.3 is 60.9 Å². The van der Waals surface area contributed by atoms with E-state index in [4.69, 9.17) is 41.9 Å². The number of esters is 1. The highest BCUT2D eigenvalue weighted by molar-refractivity contribution is 7.71. The quantitative estimate of drug-likeness (QED) is 0.0232. The van der Waals surface area contributed by atoms with Crippen molar-refractivity contribution in [1.82, 2.24) is 35.7 Å². The van der Waals surface area contributed by atoms with Gasteiger partial charge >= 0.3 is 18.1 Å². The lowest BCUT2D eigenvalue weighted by Gasteiger charge is -2.32. The maximum Gasteiger partial charge on any atom is 0.407 e. The summed E-state index contributed by atoms with van der Waals surface area (Å²) in [5, 5.41) is 25.9. The first-order valence-electron chi connectivity index (χ1n) is 25.1. The van der Waals surface area contributed by atoms with Gasteiger partial charge in [-0.25, -0.2) is 19.4 Å². The fourth-order valence-electron chi connectivity index (χ4n) is 9.61. The molecule has 4 aliphatic heterocycles. The zero-order valence-electron chi connectivity index (χ0n) is 42.0. The molecule has 1 saturated heterocycles. The zero-order chi connectivity index (χ0) is 53.6. The predicted molar refractivity (Wildman–Crippen MR) is 272 cm³/mol. The van der Waals surface area contributed by atoms with E-state index in [1.807, 2.05) is 10.6 Å². The topological polar surface area (TPSA) is 301 Å². The Morgan fingerprint density at radius 3 is 2.31 bits per heavy atom. The number of pyridine rings is 2. The van der Waals surface area contributed by atoms with Crippen LogP contribution >= 0.6 is 12.2 Å². The fourth-order valence-corrected chi connectivity index (χ4v) is 9.94. The number of rotatable bonds is 21. The van der Waals surface area contributed by atoms with Crippen molar-refractivity contribution in [1.29, 1.82) is 0 Å². The number of likely N-dealkylation sites (tertiary alicyclic amines) is 1. The Labute approximate surface area is 436 Å². The molecule has 2 aromatic heterocycles. The number of anilines is 1. The molecule has 0 spiro atoms. The smallest absolute Gasteiger partial charge is 0.407 e. The maximum atomic E-state index is 13.7. The Balaban J connectivity index is 0.889. The average molecular weight is 1050 g/mol. The first-order chi connectivity index (χ1) is 35.9. The van der Waals surface area contributed by atoms with Gasteiger partial charge in [0.1, 0.15) is 43.2 Å². The van der Waals surface area contributed by atoms with Crippen LogP contribution in [0.5, 0.6) is 11.5 Å². The standard InChI is InChI=1S/C52H61N9O13S/c1-4-52(70)35-22-38-45-33(25-61(38)48(75)34(35)27-73-49(52)67)32(31-21-39-40(23-37(31)57-45)72-20-19-71-39)24-55-51(69)74-26-29-11-13-30(14-12-29)56-46(65)36(9-8-17-54-50(53)68)58-47(66)44(28(2)3)59-41(62)10-6-5-7-18-60-42(63)15-16-43(60)64/h11-14,21-23,28,36,44,70H,4-10,15-20,24-27H2,1-3H3,(H,55,69)(H,56,65)(H,58,66)(H,59,62)(H3,53,54,68)/t36-,44-,52-/m0/s1. The molecule has 3 atom stereocenters. The minimum Gasteiger partial charge on any atom is -0.486 e. The monoisotopic (exact) mass is 1050 g/mol. The molecular weight excluding hydrogens is 991 g/mol. The number of aliphatic hydroxyl groups is 1. The van der Waals surface area contributed by atoms with E-state index in [0.29, 0.717) is 99.8 Å². The van der Waals surface area contributed by atoms with Gasteiger partial charge in [0.15, 0.2) is 17.1 Å². The number of carbonyl (C=O) groups is 8. The molecule has 8 rings (SSSR count). The van der Waals surface area contributed by atoms with E-state index in [2.05, 4.69) is 26.6 Å². The van der Waals surface area contributed by atoms with Crippen molar-refractivity contribution < 1.29 is 62.4 Å². The number of hydrogen-bond acceptors (Lipinski definition) is 15. The maximum absolute atomic E-state index is 13.7. The van der Waals surface area contributed by atoms with Crippen molar-refractivity contribution in [3.63, 3.8) is 0 Å². The Morgan fingerprint density at radius 2 is 1.61 bits per heavy atom. The van der Waals surface area contributed by atoms with Crippen LogP contribution in [0, 0.1) is 10.6 Å². The molecular formula is C52H61N9O13S. The lowest BCUT2D eigenvalue weighted by molar-refractivity contribution is -0.172. The van der Waals surface area contributed by atoms with Crippen molar-refractivity contribution in [2.75, 3.05) is 31.6 Å². The lowest BCUT2D eigenvalue weighted by atomic mass is 9.86. The van der Waals surface area contributed by atoms with E-state index in [1.54, 1.807) is 57.2 Å². The van der Waals surface area contributed by atoms with E-state index < -0.39 is 47.6 Å². The summed E-state index contributed by atoms with van der Waals surface area (Å²) < 4.78 is 25.1. The van der Waals surface area contributed by atoms with Gasteiger partial charge in [0, 0.05) is 72.7 Å². The van der Waals surface area contributed by atoms with E-state index in [0.717, 1.165) is 11.1 Å². The minimum atomic E-state index is -1.88. The molecule has 6 heterocycles. The number of alkyl carbamates (subject to hydrolysis) is 1. The molecule has 4 aliphatic rings. The van der Waals surface area contributed by atoms with Crippen LogP contribution in [0.1, 0.15) is 106 Å². The summed E-state index contributed by atoms with van der Waals surface area (Å²) in [4.78, 5) is 108. The normalized spacial score (nSPS) is 17.1. The van der Waals surface area contributed by atoms with Gasteiger partial charge in [-0.05, 0) is 73.4 Å². The Bertz CT molecular complexity index is 2980. The average Bonchev–Trinajstić information content (AvgIpc) is 3.92. The number of hydrogen-bond donors (Lipinski definition) is 7. The number of nitrogens with two attached hydrogens (primary N) is 1. The molecule has 4 aromatic rings. The lowest BCUT2D eigenvalue weighted by Crippen LogP contribution is -2.54. The van der Waals surface area contributed by atoms with Crippen molar-refractivity contribution in [3.05, 3.63) is 74.9 Å². The number of amides is 8. The molecule has 0 radical (unpaired) electrons. The number of primary amides is 1. The number of ether oxygens (including phenoxy) is 4. The van der Waals surface area contributed by atoms with Gasteiger partial charge in [-0.1, -0.05) is 51.5 Å². The summed E-state index contributed by atoms with van der Waals surface area (Å²) in [6, 6.07) is 9.12. The highest BCUT2D eigenvalue weighted by atomic mass is 32.1. The number of imide groups is 1. The van der Waals surface area contributed by atoms with Gasteiger partial charge in [0.05, 0.1) is 23.4 Å². The summed E-state index contributed by atoms with van der Waals surface area (Å²) in [7, 11) is 0. The molecule has 398 valence electrons. The SMILES string of the molecule is CC[C@@]1(O)C(=O)OCc2c1cc1n(c2=S)Cc2c-1nc1cc3c(cc1c2CNC(=O)OCc1ccc(NC(=O)[C@H](CCCNC(N)=O)NC(=O)[C@@H](NC(=O)CCCCCN2C(=O)CCC2=O)C(C)C)cc1)OCCO3. The summed E-state index contributed by atoms with van der Waals surface area (Å²) in [6.45, 7) is 6.49. The highest BCUT2D eigenvalue weighted by Gasteiger charge is 2.45. The van der Waals surface area contributed by atoms with Gasteiger partial charge in [-0.3, -0.25) is 28.9 Å². The number of nitrogens with zero attached hydrogens (tertiary/aromatic N) is 3. The van der Waals surface area contributed by atoms with Crippen molar-refractivity contribution in [2.24, 2.45) is 11.7 Å². The number of carbonyl (C=O) groups excluding carboxylic acids is 8. The molecule has 0 aliphatic carbocycles. The number of fused-ring (bicyclic) bond motifs is 6. The predicted octanol–water partition coefficient (Wildman–Crippen LogP) is 4.37. The van der Waals surface area contributed by atoms with E-state index in [9.17, 15) is 43.5 Å². The second-order valence-corrected chi connectivity index (χ2v) is 19.6. The van der Waals surface area contributed by atoms with Crippen molar-refractivity contribution >= 4 is 76.4 Å². The first-order valence-corrected chi connectivity index (χ1v) is 25.5. The molecule has 0 saturated carbocycles. The number of benzene rings is 2. The Kier molecular flexibility index (Phi) is 16.6.